The quantitative estimate of drug-likeness (QED) is 0.297. The molecule has 0 N–H and O–H groups in total. The van der Waals surface area contributed by atoms with Gasteiger partial charge in [0.2, 0.25) is 0 Å². The first-order chi connectivity index (χ1) is 22.3. The van der Waals surface area contributed by atoms with Crippen LogP contribution in [0.1, 0.15) is 95.5 Å². The van der Waals surface area contributed by atoms with Gasteiger partial charge in [0.05, 0.1) is 0 Å². The lowest BCUT2D eigenvalue weighted by Gasteiger charge is -2.44. The lowest BCUT2D eigenvalue weighted by atomic mass is 9.68. The van der Waals surface area contributed by atoms with E-state index in [2.05, 4.69) is 108 Å². The molecule has 4 unspecified atom stereocenters. The zero-order valence-electron chi connectivity index (χ0n) is 27.1. The largest absolute Gasteiger partial charge is 0.362 e. The Kier molecular flexibility index (Phi) is 8.53. The lowest BCUT2D eigenvalue weighted by Crippen LogP contribution is -2.45. The van der Waals surface area contributed by atoms with E-state index in [1.54, 1.807) is 22.3 Å². The second-order valence-electron chi connectivity index (χ2n) is 14.7. The zero-order chi connectivity index (χ0) is 30.0. The van der Waals surface area contributed by atoms with Gasteiger partial charge >= 0.3 is 0 Å². The molecule has 7 aliphatic carbocycles. The molecule has 1 heteroatoms. The van der Waals surface area contributed by atoms with E-state index in [1.807, 2.05) is 0 Å². The highest BCUT2D eigenvalue weighted by atomic mass is 15.2. The van der Waals surface area contributed by atoms with Gasteiger partial charge in [0.15, 0.2) is 0 Å². The van der Waals surface area contributed by atoms with Gasteiger partial charge in [-0.15, -0.1) is 0 Å². The number of rotatable bonds is 6. The fraction of sp³-hybridized carbons (Fsp3) is 0.455. The van der Waals surface area contributed by atoms with Gasteiger partial charge in [0, 0.05) is 23.7 Å². The van der Waals surface area contributed by atoms with Gasteiger partial charge in [-0.2, -0.15) is 0 Å². The van der Waals surface area contributed by atoms with E-state index in [0.717, 1.165) is 5.92 Å². The monoisotopic (exact) mass is 593 g/mol. The molecule has 0 aromatic heterocycles. The van der Waals surface area contributed by atoms with Crippen molar-refractivity contribution in [2.24, 2.45) is 23.7 Å². The summed E-state index contributed by atoms with van der Waals surface area (Å²) in [5.41, 5.74) is 10.8. The minimum atomic E-state index is 0.490. The SMILES string of the molecule is C1=CC(C2C=CC(N(c3ccc(C4=CCC5C=CC6=C(CCC=C6)C5C4)cc3)C3CCC(C4=CCCC=C4)CC3)CC2)=CCC1. The zero-order valence-corrected chi connectivity index (χ0v) is 27.1. The first-order valence-corrected chi connectivity index (χ1v) is 18.4. The summed E-state index contributed by atoms with van der Waals surface area (Å²) in [4.78, 5) is 2.85. The number of benzene rings is 1. The van der Waals surface area contributed by atoms with Crippen LogP contribution in [0.4, 0.5) is 5.69 Å². The van der Waals surface area contributed by atoms with Gasteiger partial charge in [-0.05, 0) is 148 Å². The van der Waals surface area contributed by atoms with Crippen molar-refractivity contribution in [3.8, 4) is 0 Å². The number of anilines is 1. The second-order valence-corrected chi connectivity index (χ2v) is 14.7. The van der Waals surface area contributed by atoms with Crippen molar-refractivity contribution in [2.75, 3.05) is 4.90 Å². The average molecular weight is 594 g/mol. The number of fused-ring (bicyclic) bond motifs is 2. The van der Waals surface area contributed by atoms with Crippen LogP contribution in [0.15, 0.2) is 126 Å². The van der Waals surface area contributed by atoms with Crippen LogP contribution in [-0.4, -0.2) is 12.1 Å². The summed E-state index contributed by atoms with van der Waals surface area (Å²) >= 11 is 0. The maximum atomic E-state index is 2.85. The number of nitrogens with zero attached hydrogens (tertiary/aromatic N) is 1. The number of allylic oxidation sites excluding steroid dienone is 17. The Morgan fingerprint density at radius 2 is 1.40 bits per heavy atom. The highest BCUT2D eigenvalue weighted by Gasteiger charge is 2.34. The van der Waals surface area contributed by atoms with Crippen molar-refractivity contribution in [2.45, 2.75) is 102 Å². The van der Waals surface area contributed by atoms with Crippen molar-refractivity contribution >= 4 is 11.3 Å². The Balaban J connectivity index is 1.02. The Morgan fingerprint density at radius 1 is 0.622 bits per heavy atom. The molecule has 4 atom stereocenters. The third kappa shape index (κ3) is 6.13. The maximum absolute atomic E-state index is 2.85. The summed E-state index contributed by atoms with van der Waals surface area (Å²) in [6.45, 7) is 0. The topological polar surface area (TPSA) is 3.24 Å². The fourth-order valence-electron chi connectivity index (χ4n) is 9.60. The molecular weight excluding hydrogens is 542 g/mol. The first kappa shape index (κ1) is 29.1. The van der Waals surface area contributed by atoms with Crippen molar-refractivity contribution in [3.05, 3.63) is 131 Å². The minimum Gasteiger partial charge on any atom is -0.362 e. The molecule has 0 bridgehead atoms. The minimum absolute atomic E-state index is 0.490. The van der Waals surface area contributed by atoms with E-state index in [1.165, 1.54) is 107 Å². The summed E-state index contributed by atoms with van der Waals surface area (Å²) in [6, 6.07) is 11.0. The predicted octanol–water partition coefficient (Wildman–Crippen LogP) is 11.6. The molecule has 0 radical (unpaired) electrons. The molecular formula is C44H51N. The number of hydrogen-bond acceptors (Lipinski definition) is 1. The molecule has 45 heavy (non-hydrogen) atoms. The summed E-state index contributed by atoms with van der Waals surface area (Å²) < 4.78 is 0. The van der Waals surface area contributed by atoms with E-state index in [4.69, 9.17) is 0 Å². The van der Waals surface area contributed by atoms with Crippen molar-refractivity contribution < 1.29 is 0 Å². The summed E-state index contributed by atoms with van der Waals surface area (Å²) in [5.74, 6) is 2.72. The Hall–Kier alpha value is -3.32. The van der Waals surface area contributed by atoms with Gasteiger partial charge < -0.3 is 4.90 Å². The molecule has 0 aliphatic heterocycles. The molecule has 1 aromatic rings. The third-order valence-corrected chi connectivity index (χ3v) is 12.1. The van der Waals surface area contributed by atoms with Crippen LogP contribution in [0, 0.1) is 23.7 Å². The highest BCUT2D eigenvalue weighted by molar-refractivity contribution is 5.70. The summed E-state index contributed by atoms with van der Waals surface area (Å²) in [5, 5.41) is 0. The maximum Gasteiger partial charge on any atom is 0.0476 e. The molecule has 0 spiro atoms. The van der Waals surface area contributed by atoms with Gasteiger partial charge in [-0.3, -0.25) is 0 Å². The van der Waals surface area contributed by atoms with Crippen LogP contribution in [0.25, 0.3) is 5.57 Å². The fourth-order valence-corrected chi connectivity index (χ4v) is 9.60. The standard InChI is InChI=1S/C44H51N/c1-3-9-32(10-4-1)34-19-25-40(26-20-34)45(41-27-21-35(22-28-41)33-11-5-2-6-12-33)42-29-23-36(24-30-42)39-18-17-38-16-15-37-13-7-8-14-43(37)44(38)31-39/h3,5,7,9-13,15-16,18-19,23-25,29-30,34-35,38,40-41,44H,1-2,4,6,8,14,17,20-22,26-28,31H2. The Labute approximate surface area is 272 Å². The van der Waals surface area contributed by atoms with Gasteiger partial charge in [0.25, 0.3) is 0 Å². The summed E-state index contributed by atoms with van der Waals surface area (Å²) in [7, 11) is 0. The van der Waals surface area contributed by atoms with Crippen molar-refractivity contribution in [1.82, 2.24) is 0 Å². The van der Waals surface area contributed by atoms with Gasteiger partial charge in [-0.1, -0.05) is 96.7 Å². The van der Waals surface area contributed by atoms with Crippen LogP contribution in [0.2, 0.25) is 0 Å². The van der Waals surface area contributed by atoms with Crippen LogP contribution in [-0.2, 0) is 0 Å². The summed E-state index contributed by atoms with van der Waals surface area (Å²) in [6.07, 6.45) is 49.3. The normalized spacial score (nSPS) is 32.4. The van der Waals surface area contributed by atoms with Crippen LogP contribution in [0.5, 0.6) is 0 Å². The lowest BCUT2D eigenvalue weighted by molar-refractivity contribution is 0.334. The molecule has 1 nitrogen and oxygen atoms in total. The van der Waals surface area contributed by atoms with E-state index < -0.39 is 0 Å². The van der Waals surface area contributed by atoms with E-state index in [0.29, 0.717) is 29.8 Å². The molecule has 232 valence electrons. The highest BCUT2D eigenvalue weighted by Crippen LogP contribution is 2.46. The van der Waals surface area contributed by atoms with E-state index in [-0.39, 0.29) is 0 Å². The predicted molar refractivity (Wildman–Crippen MR) is 192 cm³/mol. The molecule has 1 aromatic carbocycles. The first-order valence-electron chi connectivity index (χ1n) is 18.4. The average Bonchev–Trinajstić information content (AvgIpc) is 3.13. The van der Waals surface area contributed by atoms with Crippen LogP contribution < -0.4 is 4.90 Å². The molecule has 7 aliphatic rings. The van der Waals surface area contributed by atoms with Crippen LogP contribution >= 0.6 is 0 Å². The Morgan fingerprint density at radius 3 is 2.13 bits per heavy atom. The molecule has 8 rings (SSSR count). The van der Waals surface area contributed by atoms with Gasteiger partial charge in [-0.25, -0.2) is 0 Å². The molecule has 1 fully saturated rings. The number of hydrogen-bond donors (Lipinski definition) is 0. The van der Waals surface area contributed by atoms with Crippen LogP contribution in [0.3, 0.4) is 0 Å². The second kappa shape index (κ2) is 13.2. The molecule has 0 amide bonds. The Bertz CT molecular complexity index is 1520. The smallest absolute Gasteiger partial charge is 0.0476 e. The molecule has 0 saturated heterocycles. The van der Waals surface area contributed by atoms with E-state index >= 15 is 0 Å². The third-order valence-electron chi connectivity index (χ3n) is 12.1. The molecule has 0 heterocycles. The van der Waals surface area contributed by atoms with Gasteiger partial charge in [0.1, 0.15) is 0 Å². The van der Waals surface area contributed by atoms with Crippen molar-refractivity contribution in [3.63, 3.8) is 0 Å². The molecule has 1 saturated carbocycles. The van der Waals surface area contributed by atoms with E-state index in [9.17, 15) is 0 Å². The van der Waals surface area contributed by atoms with Crippen molar-refractivity contribution in [1.29, 1.82) is 0 Å².